The Bertz CT molecular complexity index is 1020. The van der Waals surface area contributed by atoms with Gasteiger partial charge in [0, 0.05) is 6.54 Å². The third-order valence-electron chi connectivity index (χ3n) is 4.65. The minimum Gasteiger partial charge on any atom is -0.352 e. The van der Waals surface area contributed by atoms with Gasteiger partial charge in [0.05, 0.1) is 23.2 Å². The zero-order valence-corrected chi connectivity index (χ0v) is 19.5. The summed E-state index contributed by atoms with van der Waals surface area (Å²) >= 11 is 0. The molecule has 0 aromatic heterocycles. The minimum absolute atomic E-state index is 0.288. The third kappa shape index (κ3) is 7.10. The first kappa shape index (κ1) is 24.4. The highest BCUT2D eigenvalue weighted by Crippen LogP contribution is 2.22. The second-order valence-corrected chi connectivity index (χ2v) is 10.1. The summed E-state index contributed by atoms with van der Waals surface area (Å²) in [5.41, 5.74) is 2.13. The molecule has 0 fully saturated rings. The second-order valence-electron chi connectivity index (χ2n) is 8.21. The average Bonchev–Trinajstić information content (AvgIpc) is 2.70. The third-order valence-corrected chi connectivity index (χ3v) is 5.79. The van der Waals surface area contributed by atoms with E-state index in [2.05, 4.69) is 10.6 Å². The van der Waals surface area contributed by atoms with Crippen LogP contribution in [-0.4, -0.2) is 39.6 Å². The number of carbonyl (C=O) groups is 2. The van der Waals surface area contributed by atoms with Gasteiger partial charge in [-0.15, -0.1) is 0 Å². The number of anilines is 2. The van der Waals surface area contributed by atoms with E-state index >= 15 is 0 Å². The van der Waals surface area contributed by atoms with Crippen molar-refractivity contribution in [1.82, 2.24) is 5.32 Å². The maximum Gasteiger partial charge on any atom is 0.253 e. The van der Waals surface area contributed by atoms with E-state index < -0.39 is 22.5 Å². The van der Waals surface area contributed by atoms with Crippen LogP contribution >= 0.6 is 0 Å². The standard InChI is InChI=1S/C23H31N3O4S/c1-16(2)14-24-23(28)20-8-6-7-9-21(20)25-22(27)15-26(31(5,29)30)19-12-10-18(11-13-19)17(3)4/h6-13,16-17H,14-15H2,1-5H3,(H,24,28)(H,25,27). The number of nitrogens with one attached hydrogen (secondary N) is 2. The lowest BCUT2D eigenvalue weighted by molar-refractivity contribution is -0.114. The van der Waals surface area contributed by atoms with E-state index in [9.17, 15) is 18.0 Å². The summed E-state index contributed by atoms with van der Waals surface area (Å²) in [5, 5.41) is 5.50. The van der Waals surface area contributed by atoms with Gasteiger partial charge >= 0.3 is 0 Å². The molecule has 2 aromatic carbocycles. The molecular weight excluding hydrogens is 414 g/mol. The quantitative estimate of drug-likeness (QED) is 0.616. The molecule has 2 amide bonds. The number of para-hydroxylation sites is 1. The first-order valence-corrected chi connectivity index (χ1v) is 12.1. The summed E-state index contributed by atoms with van der Waals surface area (Å²) in [5.74, 6) is -0.241. The van der Waals surface area contributed by atoms with Crippen molar-refractivity contribution in [3.05, 3.63) is 59.7 Å². The lowest BCUT2D eigenvalue weighted by Crippen LogP contribution is -2.37. The summed E-state index contributed by atoms with van der Waals surface area (Å²) in [7, 11) is -3.69. The Hall–Kier alpha value is -2.87. The maximum absolute atomic E-state index is 12.7. The van der Waals surface area contributed by atoms with Crippen LogP contribution < -0.4 is 14.9 Å². The molecule has 31 heavy (non-hydrogen) atoms. The van der Waals surface area contributed by atoms with Crippen molar-refractivity contribution in [2.75, 3.05) is 29.0 Å². The van der Waals surface area contributed by atoms with Crippen LogP contribution in [0.5, 0.6) is 0 Å². The first-order valence-electron chi connectivity index (χ1n) is 10.2. The molecule has 0 unspecified atom stereocenters. The van der Waals surface area contributed by atoms with Crippen molar-refractivity contribution < 1.29 is 18.0 Å². The van der Waals surface area contributed by atoms with E-state index in [1.165, 1.54) is 0 Å². The predicted octanol–water partition coefficient (Wildman–Crippen LogP) is 3.60. The number of carbonyl (C=O) groups excluding carboxylic acids is 2. The molecule has 0 saturated carbocycles. The van der Waals surface area contributed by atoms with Crippen molar-refractivity contribution in [3.63, 3.8) is 0 Å². The van der Waals surface area contributed by atoms with E-state index in [0.29, 0.717) is 29.4 Å². The molecule has 2 N–H and O–H groups in total. The predicted molar refractivity (Wildman–Crippen MR) is 125 cm³/mol. The fraction of sp³-hybridized carbons (Fsp3) is 0.391. The molecule has 0 heterocycles. The van der Waals surface area contributed by atoms with Gasteiger partial charge < -0.3 is 10.6 Å². The number of rotatable bonds is 9. The molecule has 8 heteroatoms. The molecule has 0 atom stereocenters. The minimum atomic E-state index is -3.69. The van der Waals surface area contributed by atoms with Crippen molar-refractivity contribution in [2.45, 2.75) is 33.6 Å². The van der Waals surface area contributed by atoms with Crippen LogP contribution in [0.4, 0.5) is 11.4 Å². The van der Waals surface area contributed by atoms with Crippen molar-refractivity contribution in [3.8, 4) is 0 Å². The summed E-state index contributed by atoms with van der Waals surface area (Å²) in [6, 6.07) is 13.7. The average molecular weight is 446 g/mol. The van der Waals surface area contributed by atoms with E-state index in [1.54, 1.807) is 36.4 Å². The van der Waals surface area contributed by atoms with Crippen LogP contribution in [0.1, 0.15) is 49.5 Å². The topological polar surface area (TPSA) is 95.6 Å². The van der Waals surface area contributed by atoms with Gasteiger partial charge in [0.15, 0.2) is 0 Å². The highest BCUT2D eigenvalue weighted by molar-refractivity contribution is 7.92. The van der Waals surface area contributed by atoms with Crippen LogP contribution in [-0.2, 0) is 14.8 Å². The van der Waals surface area contributed by atoms with Crippen LogP contribution in [0.2, 0.25) is 0 Å². The van der Waals surface area contributed by atoms with Crippen LogP contribution in [0, 0.1) is 5.92 Å². The monoisotopic (exact) mass is 445 g/mol. The first-order chi connectivity index (χ1) is 14.5. The zero-order valence-electron chi connectivity index (χ0n) is 18.7. The van der Waals surface area contributed by atoms with Crippen LogP contribution in [0.15, 0.2) is 48.5 Å². The number of hydrogen-bond donors (Lipinski definition) is 2. The Balaban J connectivity index is 2.20. The van der Waals surface area contributed by atoms with Gasteiger partial charge in [0.2, 0.25) is 15.9 Å². The highest BCUT2D eigenvalue weighted by Gasteiger charge is 2.22. The molecule has 0 aliphatic carbocycles. The number of hydrogen-bond acceptors (Lipinski definition) is 4. The largest absolute Gasteiger partial charge is 0.352 e. The Morgan fingerprint density at radius 1 is 0.968 bits per heavy atom. The lowest BCUT2D eigenvalue weighted by atomic mass is 10.0. The fourth-order valence-electron chi connectivity index (χ4n) is 2.93. The van der Waals surface area contributed by atoms with E-state index in [4.69, 9.17) is 0 Å². The van der Waals surface area contributed by atoms with Gasteiger partial charge in [0.25, 0.3) is 5.91 Å². The summed E-state index contributed by atoms with van der Waals surface area (Å²) in [4.78, 5) is 25.2. The Kier molecular flexibility index (Phi) is 8.21. The molecule has 0 aliphatic heterocycles. The van der Waals surface area contributed by atoms with Gasteiger partial charge in [-0.25, -0.2) is 8.42 Å². The molecule has 0 radical (unpaired) electrons. The van der Waals surface area contributed by atoms with E-state index in [0.717, 1.165) is 16.1 Å². The molecule has 2 aromatic rings. The van der Waals surface area contributed by atoms with Gasteiger partial charge in [0.1, 0.15) is 6.54 Å². The number of sulfonamides is 1. The molecule has 0 spiro atoms. The maximum atomic E-state index is 12.7. The molecular formula is C23H31N3O4S. The van der Waals surface area contributed by atoms with Crippen molar-refractivity contribution in [1.29, 1.82) is 0 Å². The molecule has 0 saturated heterocycles. The normalized spacial score (nSPS) is 11.5. The lowest BCUT2D eigenvalue weighted by Gasteiger charge is -2.22. The van der Waals surface area contributed by atoms with Gasteiger partial charge in [-0.3, -0.25) is 13.9 Å². The van der Waals surface area contributed by atoms with Crippen molar-refractivity contribution >= 4 is 33.2 Å². The smallest absolute Gasteiger partial charge is 0.253 e. The second kappa shape index (κ2) is 10.4. The SMILES string of the molecule is CC(C)CNC(=O)c1ccccc1NC(=O)CN(c1ccc(C(C)C)cc1)S(C)(=O)=O. The van der Waals surface area contributed by atoms with Gasteiger partial charge in [-0.2, -0.15) is 0 Å². The van der Waals surface area contributed by atoms with E-state index in [1.807, 2.05) is 39.8 Å². The summed E-state index contributed by atoms with van der Waals surface area (Å²) in [6.07, 6.45) is 1.06. The van der Waals surface area contributed by atoms with Crippen LogP contribution in [0.25, 0.3) is 0 Å². The Morgan fingerprint density at radius 3 is 2.13 bits per heavy atom. The van der Waals surface area contributed by atoms with E-state index in [-0.39, 0.29) is 11.8 Å². The number of nitrogens with zero attached hydrogens (tertiary/aromatic N) is 1. The van der Waals surface area contributed by atoms with Crippen LogP contribution in [0.3, 0.4) is 0 Å². The zero-order chi connectivity index (χ0) is 23.2. The fourth-order valence-corrected chi connectivity index (χ4v) is 3.78. The van der Waals surface area contributed by atoms with Crippen molar-refractivity contribution in [2.24, 2.45) is 5.92 Å². The van der Waals surface area contributed by atoms with Gasteiger partial charge in [-0.1, -0.05) is 52.0 Å². The Labute approximate surface area is 184 Å². The number of amides is 2. The highest BCUT2D eigenvalue weighted by atomic mass is 32.2. The summed E-state index contributed by atoms with van der Waals surface area (Å²) in [6.45, 7) is 8.18. The molecule has 0 bridgehead atoms. The molecule has 2 rings (SSSR count). The van der Waals surface area contributed by atoms with Gasteiger partial charge in [-0.05, 0) is 41.7 Å². The Morgan fingerprint density at radius 2 is 1.58 bits per heavy atom. The molecule has 0 aliphatic rings. The molecule has 168 valence electrons. The number of benzene rings is 2. The molecule has 7 nitrogen and oxygen atoms in total. The summed E-state index contributed by atoms with van der Waals surface area (Å²) < 4.78 is 25.7.